The molecule has 1 heterocycles. The second-order valence-corrected chi connectivity index (χ2v) is 6.24. The molecule has 6 heteroatoms. The molecular weight excluding hydrogens is 327 g/mol. The molecule has 0 unspecified atom stereocenters. The summed E-state index contributed by atoms with van der Waals surface area (Å²) in [4.78, 5) is 2.16. The Bertz CT molecular complexity index is 680. The van der Waals surface area contributed by atoms with E-state index in [2.05, 4.69) is 4.90 Å². The van der Waals surface area contributed by atoms with Crippen molar-refractivity contribution in [2.24, 2.45) is 0 Å². The molecule has 3 nitrogen and oxygen atoms in total. The van der Waals surface area contributed by atoms with Crippen molar-refractivity contribution in [2.45, 2.75) is 19.8 Å². The smallest absolute Gasteiger partial charge is 0.369 e. The first-order valence-electron chi connectivity index (χ1n) is 8.39. The van der Waals surface area contributed by atoms with Gasteiger partial charge in [-0.3, -0.25) is 0 Å². The lowest BCUT2D eigenvalue weighted by atomic mass is 10.1. The van der Waals surface area contributed by atoms with Crippen LogP contribution in [0.5, 0.6) is 0 Å². The van der Waals surface area contributed by atoms with Crippen LogP contribution in [0.1, 0.15) is 11.1 Å². The van der Waals surface area contributed by atoms with Crippen molar-refractivity contribution in [3.8, 4) is 0 Å². The summed E-state index contributed by atoms with van der Waals surface area (Å²) in [6, 6.07) is 16.8. The molecule has 1 aliphatic rings. The molecule has 0 aromatic heterocycles. The van der Waals surface area contributed by atoms with Gasteiger partial charge in [0.25, 0.3) is 0 Å². The van der Waals surface area contributed by atoms with Gasteiger partial charge in [0.15, 0.2) is 0 Å². The largest absolute Gasteiger partial charge is 0.473 e. The molecule has 0 saturated carbocycles. The highest BCUT2D eigenvalue weighted by Gasteiger charge is 2.42. The summed E-state index contributed by atoms with van der Waals surface area (Å²) in [5.74, 6) is 0. The van der Waals surface area contributed by atoms with E-state index in [0.717, 1.165) is 11.3 Å². The molecule has 2 aromatic carbocycles. The molecule has 0 radical (unpaired) electrons. The van der Waals surface area contributed by atoms with E-state index in [1.807, 2.05) is 37.3 Å². The van der Waals surface area contributed by atoms with Gasteiger partial charge in [0.1, 0.15) is 0 Å². The van der Waals surface area contributed by atoms with Crippen molar-refractivity contribution in [3.05, 3.63) is 65.7 Å². The van der Waals surface area contributed by atoms with Crippen LogP contribution in [0.4, 0.5) is 18.9 Å². The second-order valence-electron chi connectivity index (χ2n) is 6.24. The molecule has 0 atom stereocenters. The van der Waals surface area contributed by atoms with Crippen LogP contribution in [-0.4, -0.2) is 42.5 Å². The van der Waals surface area contributed by atoms with Gasteiger partial charge in [0.2, 0.25) is 0 Å². The van der Waals surface area contributed by atoms with Crippen molar-refractivity contribution in [3.63, 3.8) is 0 Å². The summed E-state index contributed by atoms with van der Waals surface area (Å²) in [5.41, 5.74) is 2.90. The standard InChI is InChI=1S/C19H22F3N3/c1-16-7-5-6-10-18(16)23-11-13-24(14-12-23)25(19(20,21)22)15-17-8-3-2-4-9-17/h2-10H,11-15H2,1H3. The molecule has 1 aliphatic heterocycles. The van der Waals surface area contributed by atoms with Crippen LogP contribution >= 0.6 is 0 Å². The normalized spacial score (nSPS) is 16.4. The third-order valence-electron chi connectivity index (χ3n) is 4.52. The summed E-state index contributed by atoms with van der Waals surface area (Å²) in [5, 5.41) is 1.96. The molecule has 1 saturated heterocycles. The van der Waals surface area contributed by atoms with Crippen molar-refractivity contribution >= 4 is 5.69 Å². The van der Waals surface area contributed by atoms with Crippen LogP contribution in [-0.2, 0) is 6.54 Å². The predicted molar refractivity (Wildman–Crippen MR) is 93.0 cm³/mol. The van der Waals surface area contributed by atoms with E-state index in [-0.39, 0.29) is 6.54 Å². The summed E-state index contributed by atoms with van der Waals surface area (Å²) < 4.78 is 40.6. The summed E-state index contributed by atoms with van der Waals surface area (Å²) >= 11 is 0. The lowest BCUT2D eigenvalue weighted by Crippen LogP contribution is -2.57. The third-order valence-corrected chi connectivity index (χ3v) is 4.52. The lowest BCUT2D eigenvalue weighted by molar-refractivity contribution is -0.319. The minimum absolute atomic E-state index is 0.158. The fourth-order valence-electron chi connectivity index (χ4n) is 3.20. The van der Waals surface area contributed by atoms with Gasteiger partial charge in [0, 0.05) is 38.4 Å². The first-order valence-corrected chi connectivity index (χ1v) is 8.39. The van der Waals surface area contributed by atoms with Crippen LogP contribution < -0.4 is 4.90 Å². The Morgan fingerprint density at radius 3 is 2.08 bits per heavy atom. The molecular formula is C19H22F3N3. The van der Waals surface area contributed by atoms with Crippen molar-refractivity contribution in [1.29, 1.82) is 0 Å². The number of aryl methyl sites for hydroxylation is 1. The molecule has 25 heavy (non-hydrogen) atoms. The molecule has 0 aliphatic carbocycles. The minimum atomic E-state index is -4.39. The van der Waals surface area contributed by atoms with Gasteiger partial charge in [-0.2, -0.15) is 13.2 Å². The molecule has 1 fully saturated rings. The number of alkyl halides is 3. The van der Waals surface area contributed by atoms with Crippen molar-refractivity contribution < 1.29 is 13.2 Å². The Hall–Kier alpha value is -2.05. The molecule has 0 spiro atoms. The highest BCUT2D eigenvalue weighted by atomic mass is 19.4. The predicted octanol–water partition coefficient (Wildman–Crippen LogP) is 4.05. The maximum absolute atomic E-state index is 13.5. The quantitative estimate of drug-likeness (QED) is 0.771. The Kier molecular flexibility index (Phi) is 5.30. The number of rotatable bonds is 4. The van der Waals surface area contributed by atoms with E-state index in [9.17, 15) is 13.2 Å². The number of hydrogen-bond acceptors (Lipinski definition) is 3. The molecule has 3 rings (SSSR count). The van der Waals surface area contributed by atoms with E-state index < -0.39 is 6.30 Å². The monoisotopic (exact) mass is 349 g/mol. The summed E-state index contributed by atoms with van der Waals surface area (Å²) in [6.07, 6.45) is -4.39. The highest BCUT2D eigenvalue weighted by molar-refractivity contribution is 5.53. The molecule has 0 N–H and O–H groups in total. The van der Waals surface area contributed by atoms with Crippen molar-refractivity contribution in [1.82, 2.24) is 10.0 Å². The minimum Gasteiger partial charge on any atom is -0.369 e. The van der Waals surface area contributed by atoms with E-state index in [4.69, 9.17) is 0 Å². The van der Waals surface area contributed by atoms with Gasteiger partial charge < -0.3 is 4.90 Å². The SMILES string of the molecule is Cc1ccccc1N1CCN(N(Cc2ccccc2)C(F)(F)F)CC1. The number of piperazine rings is 1. The average molecular weight is 349 g/mol. The summed E-state index contributed by atoms with van der Waals surface area (Å²) in [7, 11) is 0. The zero-order chi connectivity index (χ0) is 17.9. The van der Waals surface area contributed by atoms with E-state index in [1.54, 1.807) is 24.3 Å². The number of halogens is 3. The topological polar surface area (TPSA) is 9.72 Å². The number of benzene rings is 2. The highest BCUT2D eigenvalue weighted by Crippen LogP contribution is 2.28. The van der Waals surface area contributed by atoms with Gasteiger partial charge in [-0.25, -0.2) is 5.01 Å². The Morgan fingerprint density at radius 1 is 0.880 bits per heavy atom. The van der Waals surface area contributed by atoms with Gasteiger partial charge in [-0.05, 0) is 24.1 Å². The lowest BCUT2D eigenvalue weighted by Gasteiger charge is -2.42. The second kappa shape index (κ2) is 7.45. The summed E-state index contributed by atoms with van der Waals surface area (Å²) in [6.45, 7) is 3.72. The van der Waals surface area contributed by atoms with Gasteiger partial charge >= 0.3 is 6.30 Å². The zero-order valence-electron chi connectivity index (χ0n) is 14.2. The number of hydrogen-bond donors (Lipinski definition) is 0. The van der Waals surface area contributed by atoms with E-state index in [1.165, 1.54) is 5.01 Å². The Morgan fingerprint density at radius 2 is 1.48 bits per heavy atom. The Balaban J connectivity index is 1.69. The average Bonchev–Trinajstić information content (AvgIpc) is 2.60. The molecule has 2 aromatic rings. The number of nitrogens with zero attached hydrogens (tertiary/aromatic N) is 3. The van der Waals surface area contributed by atoms with E-state index in [0.29, 0.717) is 36.8 Å². The first-order chi connectivity index (χ1) is 11.9. The van der Waals surface area contributed by atoms with Crippen LogP contribution in [0, 0.1) is 6.92 Å². The number of anilines is 1. The fraction of sp³-hybridized carbons (Fsp3) is 0.368. The van der Waals surface area contributed by atoms with Crippen LogP contribution in [0.3, 0.4) is 0 Å². The van der Waals surface area contributed by atoms with Gasteiger partial charge in [0.05, 0.1) is 0 Å². The van der Waals surface area contributed by atoms with Crippen LogP contribution in [0.2, 0.25) is 0 Å². The zero-order valence-corrected chi connectivity index (χ0v) is 14.2. The molecule has 0 bridgehead atoms. The van der Waals surface area contributed by atoms with Gasteiger partial charge in [-0.15, -0.1) is 5.01 Å². The fourth-order valence-corrected chi connectivity index (χ4v) is 3.20. The molecule has 134 valence electrons. The van der Waals surface area contributed by atoms with E-state index >= 15 is 0 Å². The van der Waals surface area contributed by atoms with Crippen LogP contribution in [0.25, 0.3) is 0 Å². The maximum Gasteiger partial charge on any atom is 0.473 e. The van der Waals surface area contributed by atoms with Gasteiger partial charge in [-0.1, -0.05) is 48.5 Å². The third kappa shape index (κ3) is 4.32. The Labute approximate surface area is 146 Å². The first kappa shape index (κ1) is 17.8. The van der Waals surface area contributed by atoms with Crippen LogP contribution in [0.15, 0.2) is 54.6 Å². The maximum atomic E-state index is 13.5. The van der Waals surface area contributed by atoms with Crippen molar-refractivity contribution in [2.75, 3.05) is 31.1 Å². The molecule has 0 amide bonds. The number of para-hydroxylation sites is 1. The number of hydrazine groups is 1.